The zero-order valence-electron chi connectivity index (χ0n) is 16.2. The lowest BCUT2D eigenvalue weighted by atomic mass is 10.0. The SMILES string of the molecule is COC(=O)/C(C#N)=C/c1c(-c2ccc(C)cc2)c2c(N)ncnc2n1CCCO. The van der Waals surface area contributed by atoms with Crippen molar-refractivity contribution in [1.29, 1.82) is 5.26 Å². The second kappa shape index (κ2) is 8.54. The number of anilines is 1. The van der Waals surface area contributed by atoms with E-state index in [2.05, 4.69) is 9.97 Å². The number of carbonyl (C=O) groups excluding carboxylic acids is 1. The average molecular weight is 391 g/mol. The van der Waals surface area contributed by atoms with E-state index in [0.29, 0.717) is 41.1 Å². The number of aliphatic hydroxyl groups is 1. The Kier molecular flexibility index (Phi) is 5.90. The molecule has 0 amide bonds. The number of nitrogen functional groups attached to an aromatic ring is 1. The van der Waals surface area contributed by atoms with Crippen molar-refractivity contribution in [2.24, 2.45) is 0 Å². The number of ether oxygens (including phenoxy) is 1. The predicted octanol–water partition coefficient (Wildman–Crippen LogP) is 2.45. The molecular formula is C21H21N5O3. The highest BCUT2D eigenvalue weighted by molar-refractivity contribution is 6.07. The Morgan fingerprint density at radius 3 is 2.69 bits per heavy atom. The number of fused-ring (bicyclic) bond motifs is 1. The van der Waals surface area contributed by atoms with Crippen molar-refractivity contribution in [2.45, 2.75) is 19.9 Å². The largest absolute Gasteiger partial charge is 0.465 e. The van der Waals surface area contributed by atoms with Crippen LogP contribution in [0, 0.1) is 18.3 Å². The number of aryl methyl sites for hydroxylation is 2. The highest BCUT2D eigenvalue weighted by Crippen LogP contribution is 2.38. The van der Waals surface area contributed by atoms with Crippen molar-refractivity contribution in [3.8, 4) is 17.2 Å². The summed E-state index contributed by atoms with van der Waals surface area (Å²) in [6.07, 6.45) is 3.30. The molecule has 2 heterocycles. The van der Waals surface area contributed by atoms with Gasteiger partial charge in [-0.05, 0) is 25.0 Å². The van der Waals surface area contributed by atoms with Gasteiger partial charge in [0.25, 0.3) is 0 Å². The third-order valence-corrected chi connectivity index (χ3v) is 4.60. The molecule has 3 rings (SSSR count). The minimum atomic E-state index is -0.736. The number of nitrogens with zero attached hydrogens (tertiary/aromatic N) is 4. The van der Waals surface area contributed by atoms with Crippen molar-refractivity contribution in [1.82, 2.24) is 14.5 Å². The van der Waals surface area contributed by atoms with Crippen LogP contribution in [0.4, 0.5) is 5.82 Å². The molecule has 3 N–H and O–H groups in total. The fourth-order valence-electron chi connectivity index (χ4n) is 3.21. The van der Waals surface area contributed by atoms with Gasteiger partial charge in [-0.1, -0.05) is 29.8 Å². The van der Waals surface area contributed by atoms with Gasteiger partial charge in [0, 0.05) is 18.7 Å². The zero-order chi connectivity index (χ0) is 21.0. The molecule has 0 radical (unpaired) electrons. The Hall–Kier alpha value is -3.70. The first-order chi connectivity index (χ1) is 14.0. The highest BCUT2D eigenvalue weighted by Gasteiger charge is 2.22. The molecule has 148 valence electrons. The number of benzene rings is 1. The molecule has 0 aliphatic heterocycles. The fourth-order valence-corrected chi connectivity index (χ4v) is 3.21. The third kappa shape index (κ3) is 3.81. The number of nitriles is 1. The van der Waals surface area contributed by atoms with Gasteiger partial charge in [-0.3, -0.25) is 0 Å². The summed E-state index contributed by atoms with van der Waals surface area (Å²) in [5, 5.41) is 19.4. The predicted molar refractivity (Wildman–Crippen MR) is 109 cm³/mol. The van der Waals surface area contributed by atoms with Gasteiger partial charge in [0.15, 0.2) is 0 Å². The number of carbonyl (C=O) groups is 1. The smallest absolute Gasteiger partial charge is 0.348 e. The Balaban J connectivity index is 2.42. The zero-order valence-corrected chi connectivity index (χ0v) is 16.2. The normalized spacial score (nSPS) is 11.4. The van der Waals surface area contributed by atoms with E-state index in [4.69, 9.17) is 10.5 Å². The van der Waals surface area contributed by atoms with Crippen molar-refractivity contribution in [3.05, 3.63) is 47.4 Å². The number of aliphatic hydroxyl groups excluding tert-OH is 1. The number of methoxy groups -OCH3 is 1. The van der Waals surface area contributed by atoms with Crippen LogP contribution in [0.25, 0.3) is 28.2 Å². The van der Waals surface area contributed by atoms with Crippen molar-refractivity contribution in [2.75, 3.05) is 19.5 Å². The van der Waals surface area contributed by atoms with Gasteiger partial charge >= 0.3 is 5.97 Å². The van der Waals surface area contributed by atoms with E-state index < -0.39 is 5.97 Å². The minimum Gasteiger partial charge on any atom is -0.465 e. The molecule has 29 heavy (non-hydrogen) atoms. The molecular weight excluding hydrogens is 370 g/mol. The molecule has 0 unspecified atom stereocenters. The number of rotatable bonds is 6. The second-order valence-electron chi connectivity index (χ2n) is 6.47. The lowest BCUT2D eigenvalue weighted by Gasteiger charge is -2.09. The van der Waals surface area contributed by atoms with Crippen molar-refractivity contribution in [3.63, 3.8) is 0 Å². The topological polar surface area (TPSA) is 127 Å². The highest BCUT2D eigenvalue weighted by atomic mass is 16.5. The molecule has 3 aromatic rings. The molecule has 0 aliphatic rings. The number of hydrogen-bond acceptors (Lipinski definition) is 7. The first-order valence-electron chi connectivity index (χ1n) is 9.02. The Morgan fingerprint density at radius 2 is 2.07 bits per heavy atom. The summed E-state index contributed by atoms with van der Waals surface area (Å²) in [5.74, 6) is -0.445. The monoisotopic (exact) mass is 391 g/mol. The summed E-state index contributed by atoms with van der Waals surface area (Å²) in [6, 6.07) is 9.69. The van der Waals surface area contributed by atoms with E-state index in [1.165, 1.54) is 19.5 Å². The lowest BCUT2D eigenvalue weighted by molar-refractivity contribution is -0.135. The summed E-state index contributed by atoms with van der Waals surface area (Å²) in [6.45, 7) is 2.38. The van der Waals surface area contributed by atoms with Gasteiger partial charge in [0.1, 0.15) is 29.4 Å². The standard InChI is InChI=1S/C21H21N5O3/c1-13-4-6-14(7-5-13)17-16(10-15(11-22)21(28)29-2)26(8-3-9-27)20-18(17)19(23)24-12-25-20/h4-7,10,12,27H,3,8-9H2,1-2H3,(H2,23,24,25)/b15-10+. The maximum Gasteiger partial charge on any atom is 0.348 e. The van der Waals surface area contributed by atoms with E-state index in [9.17, 15) is 15.2 Å². The summed E-state index contributed by atoms with van der Waals surface area (Å²) in [4.78, 5) is 20.5. The van der Waals surface area contributed by atoms with E-state index in [-0.39, 0.29) is 12.2 Å². The van der Waals surface area contributed by atoms with Crippen LogP contribution < -0.4 is 5.73 Å². The number of nitrogens with two attached hydrogens (primary N) is 1. The summed E-state index contributed by atoms with van der Waals surface area (Å²) in [5.41, 5.74) is 9.83. The summed E-state index contributed by atoms with van der Waals surface area (Å²) < 4.78 is 6.56. The third-order valence-electron chi connectivity index (χ3n) is 4.60. The van der Waals surface area contributed by atoms with Gasteiger partial charge in [-0.25, -0.2) is 14.8 Å². The Labute approximate surface area is 167 Å². The van der Waals surface area contributed by atoms with Crippen LogP contribution in [0.5, 0.6) is 0 Å². The van der Waals surface area contributed by atoms with Crippen LogP contribution in [-0.4, -0.2) is 39.3 Å². The molecule has 0 saturated carbocycles. The molecule has 0 atom stereocenters. The van der Waals surface area contributed by atoms with Crippen LogP contribution in [-0.2, 0) is 16.1 Å². The quantitative estimate of drug-likeness (QED) is 0.375. The minimum absolute atomic E-state index is 0.0225. The number of esters is 1. The van der Waals surface area contributed by atoms with Gasteiger partial charge < -0.3 is 20.1 Å². The van der Waals surface area contributed by atoms with Gasteiger partial charge in [-0.2, -0.15) is 5.26 Å². The Bertz CT molecular complexity index is 1120. The second-order valence-corrected chi connectivity index (χ2v) is 6.47. The summed E-state index contributed by atoms with van der Waals surface area (Å²) >= 11 is 0. The molecule has 0 fully saturated rings. The number of hydrogen-bond donors (Lipinski definition) is 2. The van der Waals surface area contributed by atoms with Gasteiger partial charge in [0.05, 0.1) is 18.2 Å². The maximum atomic E-state index is 12.0. The van der Waals surface area contributed by atoms with Crippen LogP contribution >= 0.6 is 0 Å². The van der Waals surface area contributed by atoms with Crippen LogP contribution in [0.3, 0.4) is 0 Å². The van der Waals surface area contributed by atoms with E-state index >= 15 is 0 Å². The van der Waals surface area contributed by atoms with Crippen molar-refractivity contribution >= 4 is 28.9 Å². The van der Waals surface area contributed by atoms with Gasteiger partial charge in [0.2, 0.25) is 0 Å². The molecule has 1 aromatic carbocycles. The molecule has 8 heteroatoms. The van der Waals surface area contributed by atoms with Crippen LogP contribution in [0.2, 0.25) is 0 Å². The number of aromatic nitrogens is 3. The van der Waals surface area contributed by atoms with E-state index in [1.807, 2.05) is 41.8 Å². The van der Waals surface area contributed by atoms with E-state index in [0.717, 1.165) is 11.1 Å². The molecule has 0 saturated heterocycles. The first-order valence-corrected chi connectivity index (χ1v) is 9.02. The lowest BCUT2D eigenvalue weighted by Crippen LogP contribution is -2.07. The van der Waals surface area contributed by atoms with Crippen molar-refractivity contribution < 1.29 is 14.6 Å². The maximum absolute atomic E-state index is 12.0. The molecule has 0 spiro atoms. The van der Waals surface area contributed by atoms with E-state index in [1.54, 1.807) is 0 Å². The molecule has 0 aliphatic carbocycles. The average Bonchev–Trinajstić information content (AvgIpc) is 3.04. The summed E-state index contributed by atoms with van der Waals surface area (Å²) in [7, 11) is 1.22. The molecule has 8 nitrogen and oxygen atoms in total. The molecule has 0 bridgehead atoms. The molecule has 2 aromatic heterocycles. The Morgan fingerprint density at radius 1 is 1.34 bits per heavy atom. The van der Waals surface area contributed by atoms with Gasteiger partial charge in [-0.15, -0.1) is 0 Å². The van der Waals surface area contributed by atoms with Crippen LogP contribution in [0.1, 0.15) is 17.7 Å². The first kappa shape index (κ1) is 20.0. The van der Waals surface area contributed by atoms with Crippen LogP contribution in [0.15, 0.2) is 36.2 Å². The fraction of sp³-hybridized carbons (Fsp3) is 0.238.